The quantitative estimate of drug-likeness (QED) is 0.476. The van der Waals surface area contributed by atoms with Crippen molar-refractivity contribution < 1.29 is 0 Å². The molecule has 3 heteroatoms. The van der Waals surface area contributed by atoms with Gasteiger partial charge in [0, 0.05) is 18.1 Å². The maximum atomic E-state index is 3.29. The highest BCUT2D eigenvalue weighted by Gasteiger charge is 1.87. The van der Waals surface area contributed by atoms with Crippen LogP contribution < -0.4 is 5.32 Å². The molecule has 0 saturated carbocycles. The minimum atomic E-state index is 1.10. The first kappa shape index (κ1) is 10.7. The summed E-state index contributed by atoms with van der Waals surface area (Å²) in [5.41, 5.74) is 0. The van der Waals surface area contributed by atoms with Gasteiger partial charge in [-0.15, -0.1) is 0 Å². The van der Waals surface area contributed by atoms with E-state index in [-0.39, 0.29) is 0 Å². The predicted octanol–water partition coefficient (Wildman–Crippen LogP) is 2.39. The molecule has 0 aromatic carbocycles. The molecule has 0 amide bonds. The zero-order valence-corrected chi connectivity index (χ0v) is 8.49. The summed E-state index contributed by atoms with van der Waals surface area (Å²) in [5, 5.41) is 3.29. The van der Waals surface area contributed by atoms with Crippen LogP contribution in [-0.2, 0) is 0 Å². The van der Waals surface area contributed by atoms with Gasteiger partial charge in [-0.3, -0.25) is 0 Å². The minimum absolute atomic E-state index is 1.10. The highest BCUT2D eigenvalue weighted by atomic mass is 33.1. The van der Waals surface area contributed by atoms with Crippen LogP contribution in [0.1, 0.15) is 20.3 Å². The topological polar surface area (TPSA) is 12.0 Å². The van der Waals surface area contributed by atoms with Gasteiger partial charge >= 0.3 is 0 Å². The summed E-state index contributed by atoms with van der Waals surface area (Å²) < 4.78 is 0. The third kappa shape index (κ3) is 8.66. The zero-order chi connectivity index (χ0) is 7.66. The smallest absolute Gasteiger partial charge is 0.0162 e. The van der Waals surface area contributed by atoms with Crippen molar-refractivity contribution in [3.63, 3.8) is 0 Å². The highest BCUT2D eigenvalue weighted by molar-refractivity contribution is 8.76. The molecule has 0 rings (SSSR count). The van der Waals surface area contributed by atoms with E-state index in [0.29, 0.717) is 0 Å². The fraction of sp³-hybridized carbons (Fsp3) is 1.00. The fourth-order valence-electron chi connectivity index (χ4n) is 0.492. The summed E-state index contributed by atoms with van der Waals surface area (Å²) in [4.78, 5) is 0. The van der Waals surface area contributed by atoms with Crippen LogP contribution in [0.5, 0.6) is 0 Å². The lowest BCUT2D eigenvalue weighted by Gasteiger charge is -1.99. The highest BCUT2D eigenvalue weighted by Crippen LogP contribution is 2.20. The predicted molar refractivity (Wildman–Crippen MR) is 53.8 cm³/mol. The van der Waals surface area contributed by atoms with Crippen molar-refractivity contribution in [3.8, 4) is 0 Å². The molecule has 0 aromatic rings. The van der Waals surface area contributed by atoms with Gasteiger partial charge in [0.25, 0.3) is 0 Å². The zero-order valence-electron chi connectivity index (χ0n) is 6.85. The minimum Gasteiger partial charge on any atom is -0.316 e. The van der Waals surface area contributed by atoms with E-state index in [0.717, 1.165) is 13.1 Å². The summed E-state index contributed by atoms with van der Waals surface area (Å²) in [6.45, 7) is 6.61. The van der Waals surface area contributed by atoms with Gasteiger partial charge in [0.05, 0.1) is 0 Å². The van der Waals surface area contributed by atoms with E-state index < -0.39 is 0 Å². The summed E-state index contributed by atoms with van der Waals surface area (Å²) in [6.07, 6.45) is 1.29. The first-order chi connectivity index (χ1) is 4.91. The van der Waals surface area contributed by atoms with Crippen molar-refractivity contribution in [2.75, 3.05) is 24.6 Å². The van der Waals surface area contributed by atoms with Gasteiger partial charge in [-0.1, -0.05) is 35.4 Å². The second kappa shape index (κ2) is 9.66. The van der Waals surface area contributed by atoms with Gasteiger partial charge in [0.1, 0.15) is 0 Å². The largest absolute Gasteiger partial charge is 0.316 e. The molecule has 0 atom stereocenters. The van der Waals surface area contributed by atoms with E-state index >= 15 is 0 Å². The number of rotatable bonds is 7. The number of hydrogen-bond donors (Lipinski definition) is 1. The molecule has 0 unspecified atom stereocenters. The summed E-state index contributed by atoms with van der Waals surface area (Å²) >= 11 is 0. The van der Waals surface area contributed by atoms with Gasteiger partial charge in [0.2, 0.25) is 0 Å². The van der Waals surface area contributed by atoms with E-state index in [2.05, 4.69) is 19.2 Å². The molecule has 62 valence electrons. The van der Waals surface area contributed by atoms with E-state index in [9.17, 15) is 0 Å². The van der Waals surface area contributed by atoms with Crippen LogP contribution in [-0.4, -0.2) is 24.6 Å². The fourth-order valence-corrected chi connectivity index (χ4v) is 2.58. The lowest BCUT2D eigenvalue weighted by atomic mass is 10.6. The standard InChI is InChI=1S/C7H17NS2/c1-3-6-9-10-7-5-8-4-2/h8H,3-7H2,1-2H3. The molecule has 0 fully saturated rings. The molecule has 0 aromatic heterocycles. The monoisotopic (exact) mass is 179 g/mol. The molecule has 0 radical (unpaired) electrons. The third-order valence-electron chi connectivity index (χ3n) is 0.983. The van der Waals surface area contributed by atoms with Crippen molar-refractivity contribution in [3.05, 3.63) is 0 Å². The number of hydrogen-bond acceptors (Lipinski definition) is 3. The summed E-state index contributed by atoms with van der Waals surface area (Å²) in [6, 6.07) is 0. The van der Waals surface area contributed by atoms with Crippen molar-refractivity contribution in [2.24, 2.45) is 0 Å². The van der Waals surface area contributed by atoms with Gasteiger partial charge in [-0.25, -0.2) is 0 Å². The summed E-state index contributed by atoms with van der Waals surface area (Å²) in [7, 11) is 3.95. The van der Waals surface area contributed by atoms with Crippen LogP contribution in [0.15, 0.2) is 0 Å². The molecule has 0 bridgehead atoms. The second-order valence-electron chi connectivity index (χ2n) is 2.00. The number of nitrogens with one attached hydrogen (secondary N) is 1. The van der Waals surface area contributed by atoms with E-state index in [1.165, 1.54) is 17.9 Å². The van der Waals surface area contributed by atoms with Gasteiger partial charge in [-0.05, 0) is 13.0 Å². The Morgan fingerprint density at radius 1 is 1.10 bits per heavy atom. The third-order valence-corrected chi connectivity index (χ3v) is 3.60. The SMILES string of the molecule is CCCSSCCNCC. The van der Waals surface area contributed by atoms with Crippen LogP contribution >= 0.6 is 21.6 Å². The van der Waals surface area contributed by atoms with Crippen LogP contribution in [0.25, 0.3) is 0 Å². The Kier molecular flexibility index (Phi) is 10.3. The molecule has 0 saturated heterocycles. The lowest BCUT2D eigenvalue weighted by molar-refractivity contribution is 0.769. The average Bonchev–Trinajstić information content (AvgIpc) is 1.97. The molecular weight excluding hydrogens is 162 g/mol. The molecule has 1 nitrogen and oxygen atoms in total. The van der Waals surface area contributed by atoms with Crippen molar-refractivity contribution in [2.45, 2.75) is 20.3 Å². The van der Waals surface area contributed by atoms with Crippen LogP contribution in [0.2, 0.25) is 0 Å². The van der Waals surface area contributed by atoms with Gasteiger partial charge in [-0.2, -0.15) is 0 Å². The molecule has 0 aliphatic rings. The lowest BCUT2D eigenvalue weighted by Crippen LogP contribution is -2.15. The van der Waals surface area contributed by atoms with Gasteiger partial charge < -0.3 is 5.32 Å². The Morgan fingerprint density at radius 3 is 2.40 bits per heavy atom. The molecule has 0 heterocycles. The second-order valence-corrected chi connectivity index (χ2v) is 4.70. The normalized spacial score (nSPS) is 10.2. The van der Waals surface area contributed by atoms with Crippen LogP contribution in [0.3, 0.4) is 0 Å². The van der Waals surface area contributed by atoms with Crippen LogP contribution in [0.4, 0.5) is 0 Å². The Balaban J connectivity index is 2.65. The van der Waals surface area contributed by atoms with E-state index in [1.54, 1.807) is 0 Å². The maximum Gasteiger partial charge on any atom is 0.0162 e. The molecule has 10 heavy (non-hydrogen) atoms. The Hall–Kier alpha value is 0.660. The molecule has 1 N–H and O–H groups in total. The Morgan fingerprint density at radius 2 is 1.80 bits per heavy atom. The van der Waals surface area contributed by atoms with Crippen LogP contribution in [0, 0.1) is 0 Å². The molecular formula is C7H17NS2. The van der Waals surface area contributed by atoms with Gasteiger partial charge in [0.15, 0.2) is 0 Å². The maximum absolute atomic E-state index is 3.29. The Bertz CT molecular complexity index is 51.6. The van der Waals surface area contributed by atoms with E-state index in [4.69, 9.17) is 0 Å². The summed E-state index contributed by atoms with van der Waals surface area (Å²) in [5.74, 6) is 2.52. The average molecular weight is 179 g/mol. The Labute approximate surface area is 72.1 Å². The first-order valence-corrected chi connectivity index (χ1v) is 6.35. The van der Waals surface area contributed by atoms with Crippen molar-refractivity contribution in [1.82, 2.24) is 5.32 Å². The van der Waals surface area contributed by atoms with E-state index in [1.807, 2.05) is 21.6 Å². The van der Waals surface area contributed by atoms with Crippen molar-refractivity contribution >= 4 is 21.6 Å². The van der Waals surface area contributed by atoms with Crippen molar-refractivity contribution in [1.29, 1.82) is 0 Å². The first-order valence-electron chi connectivity index (χ1n) is 3.87. The molecule has 0 aliphatic heterocycles. The molecule has 0 spiro atoms. The molecule has 0 aliphatic carbocycles.